The Balaban J connectivity index is 2.24. The summed E-state index contributed by atoms with van der Waals surface area (Å²) in [6.45, 7) is 4.72. The molecule has 2 aromatic rings. The second-order valence-electron chi connectivity index (χ2n) is 6.83. The molecule has 130 valence electrons. The third-order valence-electron chi connectivity index (χ3n) is 4.43. The molecule has 0 aliphatic heterocycles. The lowest BCUT2D eigenvalue weighted by Crippen LogP contribution is -2.49. The predicted molar refractivity (Wildman–Crippen MR) is 96.5 cm³/mol. The number of hydrogen-bond acceptors (Lipinski definition) is 4. The standard InChI is InChI=1S/C19H23N5O/c1-13-7-8-15(10-14(13)2)17-11-16(22-18(12-20)23-17)6-5-9-24(3,4)19(21)25/h7-8,10-11H,5-6,9H2,1-4H3,(H-,21,25)/p+1. The van der Waals surface area contributed by atoms with Crippen molar-refractivity contribution in [2.75, 3.05) is 20.6 Å². The van der Waals surface area contributed by atoms with Gasteiger partial charge in [0.05, 0.1) is 26.3 Å². The summed E-state index contributed by atoms with van der Waals surface area (Å²) in [7, 11) is 3.56. The van der Waals surface area contributed by atoms with Crippen molar-refractivity contribution < 1.29 is 9.28 Å². The molecule has 0 saturated carbocycles. The Labute approximate surface area is 148 Å². The van der Waals surface area contributed by atoms with E-state index in [2.05, 4.69) is 29.9 Å². The van der Waals surface area contributed by atoms with Crippen LogP contribution in [0.25, 0.3) is 11.3 Å². The number of nitriles is 1. The smallest absolute Gasteiger partial charge is 0.319 e. The highest BCUT2D eigenvalue weighted by Gasteiger charge is 2.22. The Bertz CT molecular complexity index is 836. The molecule has 1 aromatic carbocycles. The van der Waals surface area contributed by atoms with Crippen molar-refractivity contribution in [1.29, 1.82) is 5.26 Å². The monoisotopic (exact) mass is 338 g/mol. The van der Waals surface area contributed by atoms with Crippen molar-refractivity contribution in [2.24, 2.45) is 5.73 Å². The van der Waals surface area contributed by atoms with Crippen LogP contribution in [0.15, 0.2) is 24.3 Å². The first-order chi connectivity index (χ1) is 11.7. The third kappa shape index (κ3) is 4.61. The fourth-order valence-electron chi connectivity index (χ4n) is 2.49. The molecule has 2 N–H and O–H groups in total. The molecule has 0 aliphatic carbocycles. The third-order valence-corrected chi connectivity index (χ3v) is 4.43. The lowest BCUT2D eigenvalue weighted by Gasteiger charge is -2.23. The van der Waals surface area contributed by atoms with Crippen molar-refractivity contribution >= 4 is 6.03 Å². The molecular weight excluding hydrogens is 314 g/mol. The number of aromatic nitrogens is 2. The van der Waals surface area contributed by atoms with E-state index in [1.54, 1.807) is 14.1 Å². The number of aryl methyl sites for hydroxylation is 3. The van der Waals surface area contributed by atoms with Crippen LogP contribution in [0.2, 0.25) is 0 Å². The number of rotatable bonds is 5. The van der Waals surface area contributed by atoms with E-state index in [0.717, 1.165) is 23.4 Å². The number of nitrogens with zero attached hydrogens (tertiary/aromatic N) is 4. The van der Waals surface area contributed by atoms with Crippen LogP contribution >= 0.6 is 0 Å². The Hall–Kier alpha value is -2.78. The minimum absolute atomic E-state index is 0.125. The highest BCUT2D eigenvalue weighted by molar-refractivity contribution is 5.64. The van der Waals surface area contributed by atoms with Crippen LogP contribution in [0.1, 0.15) is 29.1 Å². The molecule has 0 saturated heterocycles. The molecule has 25 heavy (non-hydrogen) atoms. The van der Waals surface area contributed by atoms with Crippen molar-refractivity contribution in [3.63, 3.8) is 0 Å². The molecule has 1 aromatic heterocycles. The highest BCUT2D eigenvalue weighted by atomic mass is 16.2. The number of hydrogen-bond donors (Lipinski definition) is 1. The molecule has 0 fully saturated rings. The van der Waals surface area contributed by atoms with E-state index >= 15 is 0 Å². The van der Waals surface area contributed by atoms with E-state index in [9.17, 15) is 10.1 Å². The number of carbonyl (C=O) groups excluding carboxylic acids is 1. The predicted octanol–water partition coefficient (Wildman–Crippen LogP) is 2.72. The van der Waals surface area contributed by atoms with Crippen LogP contribution in [0.3, 0.4) is 0 Å². The van der Waals surface area contributed by atoms with Gasteiger partial charge in [-0.2, -0.15) is 5.26 Å². The number of benzene rings is 1. The average molecular weight is 338 g/mol. The summed E-state index contributed by atoms with van der Waals surface area (Å²) in [6.07, 6.45) is 1.40. The molecule has 6 nitrogen and oxygen atoms in total. The summed E-state index contributed by atoms with van der Waals surface area (Å²) in [5.74, 6) is 0.161. The van der Waals surface area contributed by atoms with Crippen LogP contribution in [-0.2, 0) is 6.42 Å². The van der Waals surface area contributed by atoms with Gasteiger partial charge in [0.1, 0.15) is 6.07 Å². The van der Waals surface area contributed by atoms with Gasteiger partial charge in [0.25, 0.3) is 0 Å². The minimum Gasteiger partial charge on any atom is -0.319 e. The van der Waals surface area contributed by atoms with E-state index in [-0.39, 0.29) is 16.3 Å². The van der Waals surface area contributed by atoms with Gasteiger partial charge in [0.2, 0.25) is 5.82 Å². The summed E-state index contributed by atoms with van der Waals surface area (Å²) in [6, 6.07) is 9.69. The highest BCUT2D eigenvalue weighted by Crippen LogP contribution is 2.21. The van der Waals surface area contributed by atoms with Gasteiger partial charge in [-0.05, 0) is 43.5 Å². The quantitative estimate of drug-likeness (QED) is 0.848. The second kappa shape index (κ2) is 7.41. The summed E-state index contributed by atoms with van der Waals surface area (Å²) >= 11 is 0. The van der Waals surface area contributed by atoms with Crippen molar-refractivity contribution in [1.82, 2.24) is 9.97 Å². The van der Waals surface area contributed by atoms with Gasteiger partial charge in [-0.3, -0.25) is 0 Å². The van der Waals surface area contributed by atoms with Gasteiger partial charge in [0.15, 0.2) is 0 Å². The molecule has 0 unspecified atom stereocenters. The average Bonchev–Trinajstić information content (AvgIpc) is 2.56. The first-order valence-corrected chi connectivity index (χ1v) is 8.21. The van der Waals surface area contributed by atoms with E-state index in [1.165, 1.54) is 11.1 Å². The zero-order valence-corrected chi connectivity index (χ0v) is 15.2. The molecular formula is C19H24N5O+. The van der Waals surface area contributed by atoms with E-state index in [0.29, 0.717) is 13.0 Å². The summed E-state index contributed by atoms with van der Waals surface area (Å²) in [4.78, 5) is 20.0. The summed E-state index contributed by atoms with van der Waals surface area (Å²) in [5.41, 5.74) is 10.3. The fraction of sp³-hybridized carbons (Fsp3) is 0.368. The Kier molecular flexibility index (Phi) is 5.50. The van der Waals surface area contributed by atoms with Gasteiger partial charge in [-0.25, -0.2) is 19.2 Å². The maximum absolute atomic E-state index is 11.4. The molecule has 1 heterocycles. The molecule has 2 amide bonds. The number of carbonyl (C=O) groups is 1. The zero-order valence-electron chi connectivity index (χ0n) is 15.2. The molecule has 0 spiro atoms. The van der Waals surface area contributed by atoms with Crippen molar-refractivity contribution in [3.05, 3.63) is 46.9 Å². The largest absolute Gasteiger partial charge is 0.413 e. The van der Waals surface area contributed by atoms with Crippen LogP contribution in [0, 0.1) is 25.2 Å². The summed E-state index contributed by atoms with van der Waals surface area (Å²) < 4.78 is 0.125. The van der Waals surface area contributed by atoms with Gasteiger partial charge in [-0.15, -0.1) is 0 Å². The second-order valence-corrected chi connectivity index (χ2v) is 6.83. The van der Waals surface area contributed by atoms with E-state index in [1.807, 2.05) is 24.3 Å². The number of amides is 2. The lowest BCUT2D eigenvalue weighted by atomic mass is 10.0. The summed E-state index contributed by atoms with van der Waals surface area (Å²) in [5, 5.41) is 9.22. The molecule has 0 atom stereocenters. The van der Waals surface area contributed by atoms with E-state index < -0.39 is 0 Å². The fourth-order valence-corrected chi connectivity index (χ4v) is 2.49. The molecule has 0 aliphatic rings. The van der Waals surface area contributed by atoms with Gasteiger partial charge < -0.3 is 5.73 Å². The van der Waals surface area contributed by atoms with Crippen LogP contribution in [-0.4, -0.2) is 41.1 Å². The Morgan fingerprint density at radius 2 is 1.92 bits per heavy atom. The van der Waals surface area contributed by atoms with E-state index in [4.69, 9.17) is 5.73 Å². The normalized spacial score (nSPS) is 11.2. The number of nitrogens with two attached hydrogens (primary N) is 1. The zero-order chi connectivity index (χ0) is 18.6. The molecule has 0 bridgehead atoms. The van der Waals surface area contributed by atoms with Gasteiger partial charge in [0, 0.05) is 17.7 Å². The topological polar surface area (TPSA) is 92.7 Å². The molecule has 0 radical (unpaired) electrons. The maximum atomic E-state index is 11.4. The van der Waals surface area contributed by atoms with Gasteiger partial charge in [-0.1, -0.05) is 12.1 Å². The van der Waals surface area contributed by atoms with Gasteiger partial charge >= 0.3 is 6.03 Å². The number of quaternary nitrogens is 1. The maximum Gasteiger partial charge on any atom is 0.413 e. The van der Waals surface area contributed by atoms with Crippen LogP contribution in [0.5, 0.6) is 0 Å². The molecule has 2 rings (SSSR count). The lowest BCUT2D eigenvalue weighted by molar-refractivity contribution is -0.808. The van der Waals surface area contributed by atoms with Crippen molar-refractivity contribution in [2.45, 2.75) is 26.7 Å². The Morgan fingerprint density at radius 3 is 2.52 bits per heavy atom. The van der Waals surface area contributed by atoms with Crippen LogP contribution in [0.4, 0.5) is 4.79 Å². The first-order valence-electron chi connectivity index (χ1n) is 8.21. The van der Waals surface area contributed by atoms with Crippen LogP contribution < -0.4 is 5.73 Å². The number of urea groups is 1. The van der Waals surface area contributed by atoms with Crippen molar-refractivity contribution in [3.8, 4) is 17.3 Å². The Morgan fingerprint density at radius 1 is 1.20 bits per heavy atom. The first kappa shape index (κ1) is 18.6. The minimum atomic E-state index is -0.365. The SMILES string of the molecule is Cc1ccc(-c2cc(CCC[N+](C)(C)C(N)=O)nc(C#N)n2)cc1C. The molecule has 6 heteroatoms. The number of primary amides is 1.